The van der Waals surface area contributed by atoms with E-state index in [1.807, 2.05) is 6.08 Å². The topological polar surface area (TPSA) is 78.9 Å². The zero-order valence-corrected chi connectivity index (χ0v) is 44.6. The quantitative estimate of drug-likeness (QED) is 0.0262. The number of unbranched alkanes of at least 4 members (excludes halogenated alkanes) is 26. The lowest BCUT2D eigenvalue weighted by molar-refractivity contribution is -0.166. The summed E-state index contributed by atoms with van der Waals surface area (Å²) in [5.74, 6) is -0.990. The average molecular weight is 948 g/mol. The first kappa shape index (κ1) is 64.6. The summed E-state index contributed by atoms with van der Waals surface area (Å²) in [6.07, 6.45) is 73.0. The highest BCUT2D eigenvalue weighted by Crippen LogP contribution is 2.16. The van der Waals surface area contributed by atoms with Crippen molar-refractivity contribution in [3.8, 4) is 0 Å². The van der Waals surface area contributed by atoms with Crippen LogP contribution >= 0.6 is 0 Å². The monoisotopic (exact) mass is 947 g/mol. The summed E-state index contributed by atoms with van der Waals surface area (Å²) in [6, 6.07) is 0. The Labute approximate surface area is 420 Å². The molecule has 0 radical (unpaired) electrons. The second kappa shape index (κ2) is 56.2. The highest BCUT2D eigenvalue weighted by molar-refractivity contribution is 5.71. The van der Waals surface area contributed by atoms with Gasteiger partial charge < -0.3 is 14.2 Å². The fourth-order valence-corrected chi connectivity index (χ4v) is 7.88. The summed E-state index contributed by atoms with van der Waals surface area (Å²) < 4.78 is 16.8. The number of rotatable bonds is 51. The second-order valence-electron chi connectivity index (χ2n) is 18.8. The third-order valence-electron chi connectivity index (χ3n) is 12.1. The molecule has 6 nitrogen and oxygen atoms in total. The fourth-order valence-electron chi connectivity index (χ4n) is 7.88. The largest absolute Gasteiger partial charge is 0.462 e. The van der Waals surface area contributed by atoms with Crippen LogP contribution in [0.15, 0.2) is 85.1 Å². The molecule has 0 heterocycles. The summed E-state index contributed by atoms with van der Waals surface area (Å²) in [4.78, 5) is 38.1. The molecule has 0 aromatic heterocycles. The summed E-state index contributed by atoms with van der Waals surface area (Å²) >= 11 is 0. The zero-order chi connectivity index (χ0) is 49.3. The van der Waals surface area contributed by atoms with Gasteiger partial charge in [-0.1, -0.05) is 254 Å². The van der Waals surface area contributed by atoms with E-state index >= 15 is 0 Å². The number of hydrogen-bond donors (Lipinski definition) is 0. The van der Waals surface area contributed by atoms with Gasteiger partial charge in [0.05, 0.1) is 0 Å². The van der Waals surface area contributed by atoms with Crippen molar-refractivity contribution in [2.45, 2.75) is 277 Å². The molecule has 390 valence electrons. The van der Waals surface area contributed by atoms with Crippen LogP contribution in [0.3, 0.4) is 0 Å². The maximum absolute atomic E-state index is 12.9. The standard InChI is InChI=1S/C62H106O6/c1-4-7-10-13-16-19-22-25-28-30-31-33-34-37-40-43-46-49-52-55-61(64)67-58-59(57-66-60(63)54-51-48-45-42-39-36-27-24-21-18-15-12-9-6-3)68-62(65)56-53-50-47-44-41-38-35-32-29-26-23-20-17-14-11-8-5-2/h7,10,16,19,24-25,27-28,31,33,37,40,46,49,59H,4-6,8-9,11-15,17-18,20-23,26,29-30,32,34-36,38-39,41-45,47-48,50-58H2,1-3H3/b10-7-,19-16-,27-24-,28-25-,33-31-,40-37-,49-46-. The van der Waals surface area contributed by atoms with Crippen molar-refractivity contribution in [2.75, 3.05) is 13.2 Å². The molecule has 0 fully saturated rings. The van der Waals surface area contributed by atoms with E-state index in [-0.39, 0.29) is 37.5 Å². The van der Waals surface area contributed by atoms with E-state index in [0.29, 0.717) is 19.3 Å². The van der Waals surface area contributed by atoms with Crippen LogP contribution in [0.2, 0.25) is 0 Å². The van der Waals surface area contributed by atoms with Crippen molar-refractivity contribution >= 4 is 17.9 Å². The normalized spacial score (nSPS) is 12.7. The lowest BCUT2D eigenvalue weighted by atomic mass is 10.0. The summed E-state index contributed by atoms with van der Waals surface area (Å²) in [7, 11) is 0. The maximum atomic E-state index is 12.9. The predicted molar refractivity (Wildman–Crippen MR) is 293 cm³/mol. The Morgan fingerprint density at radius 1 is 0.309 bits per heavy atom. The number of hydrogen-bond acceptors (Lipinski definition) is 6. The van der Waals surface area contributed by atoms with Gasteiger partial charge in [-0.2, -0.15) is 0 Å². The van der Waals surface area contributed by atoms with Crippen LogP contribution in [0.25, 0.3) is 0 Å². The molecule has 0 aliphatic heterocycles. The van der Waals surface area contributed by atoms with Gasteiger partial charge in [0.1, 0.15) is 13.2 Å². The van der Waals surface area contributed by atoms with E-state index in [4.69, 9.17) is 14.2 Å². The van der Waals surface area contributed by atoms with Gasteiger partial charge in [0.25, 0.3) is 0 Å². The van der Waals surface area contributed by atoms with Crippen molar-refractivity contribution in [3.05, 3.63) is 85.1 Å². The molecule has 0 aliphatic rings. The van der Waals surface area contributed by atoms with E-state index < -0.39 is 6.10 Å². The summed E-state index contributed by atoms with van der Waals surface area (Å²) in [5, 5.41) is 0. The molecule has 1 atom stereocenters. The molecular weight excluding hydrogens is 841 g/mol. The molecule has 0 aliphatic carbocycles. The number of carbonyl (C=O) groups excluding carboxylic acids is 3. The number of esters is 3. The lowest BCUT2D eigenvalue weighted by Gasteiger charge is -2.18. The molecule has 6 heteroatoms. The Morgan fingerprint density at radius 2 is 0.603 bits per heavy atom. The molecule has 0 spiro atoms. The Morgan fingerprint density at radius 3 is 0.985 bits per heavy atom. The first-order valence-corrected chi connectivity index (χ1v) is 28.6. The minimum absolute atomic E-state index is 0.102. The third kappa shape index (κ3) is 53.5. The number of ether oxygens (including phenoxy) is 3. The molecule has 0 aromatic rings. The molecule has 0 amide bonds. The first-order valence-electron chi connectivity index (χ1n) is 28.6. The van der Waals surface area contributed by atoms with E-state index in [1.165, 1.54) is 141 Å². The van der Waals surface area contributed by atoms with Gasteiger partial charge in [-0.25, -0.2) is 0 Å². The third-order valence-corrected chi connectivity index (χ3v) is 12.1. The number of carbonyl (C=O) groups is 3. The Bertz CT molecular complexity index is 1320. The molecular formula is C62H106O6. The van der Waals surface area contributed by atoms with Gasteiger partial charge in [0, 0.05) is 19.3 Å². The van der Waals surface area contributed by atoms with Gasteiger partial charge in [0.15, 0.2) is 6.10 Å². The SMILES string of the molecule is CC/C=C\C/C=C\C/C=C\C/C=C\C/C=C\C/C=C\CCC(=O)OCC(COC(=O)CCCCCCC/C=C\CCCCCCC)OC(=O)CCCCCCCCCCCCCCCCCCC. The van der Waals surface area contributed by atoms with Gasteiger partial charge in [0.2, 0.25) is 0 Å². The minimum Gasteiger partial charge on any atom is -0.462 e. The van der Waals surface area contributed by atoms with Crippen molar-refractivity contribution in [1.29, 1.82) is 0 Å². The maximum Gasteiger partial charge on any atom is 0.306 e. The van der Waals surface area contributed by atoms with Crippen LogP contribution < -0.4 is 0 Å². The second-order valence-corrected chi connectivity index (χ2v) is 18.8. The van der Waals surface area contributed by atoms with Gasteiger partial charge in [-0.05, 0) is 83.5 Å². The van der Waals surface area contributed by atoms with Crippen molar-refractivity contribution in [2.24, 2.45) is 0 Å². The van der Waals surface area contributed by atoms with Crippen LogP contribution in [-0.2, 0) is 28.6 Å². The molecule has 0 saturated carbocycles. The Kier molecular flexibility index (Phi) is 53.4. The Hall–Kier alpha value is -3.41. The highest BCUT2D eigenvalue weighted by Gasteiger charge is 2.19. The van der Waals surface area contributed by atoms with Crippen LogP contribution in [0, 0.1) is 0 Å². The predicted octanol–water partition coefficient (Wildman–Crippen LogP) is 19.2. The van der Waals surface area contributed by atoms with Crippen LogP contribution in [0.1, 0.15) is 271 Å². The highest BCUT2D eigenvalue weighted by atomic mass is 16.6. The van der Waals surface area contributed by atoms with Crippen molar-refractivity contribution < 1.29 is 28.6 Å². The zero-order valence-electron chi connectivity index (χ0n) is 44.6. The molecule has 1 unspecified atom stereocenters. The Balaban J connectivity index is 4.48. The number of allylic oxidation sites excluding steroid dienone is 14. The smallest absolute Gasteiger partial charge is 0.306 e. The van der Waals surface area contributed by atoms with Crippen molar-refractivity contribution in [1.82, 2.24) is 0 Å². The van der Waals surface area contributed by atoms with E-state index in [1.54, 1.807) is 0 Å². The average Bonchev–Trinajstić information content (AvgIpc) is 3.34. The van der Waals surface area contributed by atoms with Crippen LogP contribution in [-0.4, -0.2) is 37.2 Å². The summed E-state index contributed by atoms with van der Waals surface area (Å²) in [6.45, 7) is 6.46. The molecule has 0 bridgehead atoms. The van der Waals surface area contributed by atoms with Gasteiger partial charge in [-0.3, -0.25) is 14.4 Å². The van der Waals surface area contributed by atoms with Gasteiger partial charge in [-0.15, -0.1) is 0 Å². The molecule has 0 rings (SSSR count). The summed E-state index contributed by atoms with van der Waals surface area (Å²) in [5.41, 5.74) is 0. The van der Waals surface area contributed by atoms with E-state index in [9.17, 15) is 14.4 Å². The molecule has 0 aromatic carbocycles. The molecule has 0 N–H and O–H groups in total. The fraction of sp³-hybridized carbons (Fsp3) is 0.726. The first-order chi connectivity index (χ1) is 33.5. The minimum atomic E-state index is -0.809. The molecule has 68 heavy (non-hydrogen) atoms. The van der Waals surface area contributed by atoms with Crippen LogP contribution in [0.4, 0.5) is 0 Å². The lowest BCUT2D eigenvalue weighted by Crippen LogP contribution is -2.30. The van der Waals surface area contributed by atoms with E-state index in [0.717, 1.165) is 83.5 Å². The van der Waals surface area contributed by atoms with Crippen molar-refractivity contribution in [3.63, 3.8) is 0 Å². The molecule has 0 saturated heterocycles. The van der Waals surface area contributed by atoms with E-state index in [2.05, 4.69) is 99.8 Å². The van der Waals surface area contributed by atoms with Gasteiger partial charge >= 0.3 is 17.9 Å². The van der Waals surface area contributed by atoms with Crippen LogP contribution in [0.5, 0.6) is 0 Å².